The zero-order chi connectivity index (χ0) is 13.0. The van der Waals surface area contributed by atoms with Gasteiger partial charge in [-0.25, -0.2) is 4.79 Å². The summed E-state index contributed by atoms with van der Waals surface area (Å²) < 4.78 is 5.64. The summed E-state index contributed by atoms with van der Waals surface area (Å²) in [7, 11) is 0. The predicted octanol–water partition coefficient (Wildman–Crippen LogP) is 1.52. The van der Waals surface area contributed by atoms with Gasteiger partial charge in [0.2, 0.25) is 0 Å². The summed E-state index contributed by atoms with van der Waals surface area (Å²) in [5.41, 5.74) is 1.01. The van der Waals surface area contributed by atoms with Crippen LogP contribution in [0.3, 0.4) is 0 Å². The lowest BCUT2D eigenvalue weighted by molar-refractivity contribution is -0.114. The number of likely N-dealkylation sites (tertiary alicyclic amines) is 1. The van der Waals surface area contributed by atoms with Crippen LogP contribution in [0.25, 0.3) is 0 Å². The maximum absolute atomic E-state index is 11.0. The molecule has 0 radical (unpaired) electrons. The van der Waals surface area contributed by atoms with E-state index in [2.05, 4.69) is 0 Å². The minimum Gasteiger partial charge on any atom is -0.465 e. The highest BCUT2D eigenvalue weighted by atomic mass is 16.5. The SMILES string of the molecule is O=CC1C(OCc2ccccc2)CCN1C(=O)O. The fourth-order valence-electron chi connectivity index (χ4n) is 2.13. The van der Waals surface area contributed by atoms with Gasteiger partial charge in [0.1, 0.15) is 12.3 Å². The lowest BCUT2D eigenvalue weighted by Gasteiger charge is -2.20. The summed E-state index contributed by atoms with van der Waals surface area (Å²) in [6.07, 6.45) is -0.212. The van der Waals surface area contributed by atoms with Crippen LogP contribution >= 0.6 is 0 Å². The maximum Gasteiger partial charge on any atom is 0.407 e. The molecule has 2 rings (SSSR count). The van der Waals surface area contributed by atoms with Crippen molar-refractivity contribution in [3.8, 4) is 0 Å². The Bertz CT molecular complexity index is 420. The molecule has 1 N–H and O–H groups in total. The van der Waals surface area contributed by atoms with E-state index in [1.165, 1.54) is 0 Å². The van der Waals surface area contributed by atoms with Gasteiger partial charge in [-0.3, -0.25) is 4.90 Å². The fraction of sp³-hybridized carbons (Fsp3) is 0.385. The fourth-order valence-corrected chi connectivity index (χ4v) is 2.13. The minimum atomic E-state index is -1.07. The Hall–Kier alpha value is -1.88. The molecule has 1 fully saturated rings. The van der Waals surface area contributed by atoms with Crippen LogP contribution in [0, 0.1) is 0 Å². The summed E-state index contributed by atoms with van der Waals surface area (Å²) in [6.45, 7) is 0.738. The molecule has 0 aliphatic carbocycles. The van der Waals surface area contributed by atoms with Crippen molar-refractivity contribution in [2.45, 2.75) is 25.2 Å². The zero-order valence-electron chi connectivity index (χ0n) is 9.86. The third kappa shape index (κ3) is 2.68. The number of carbonyl (C=O) groups excluding carboxylic acids is 1. The number of nitrogens with zero attached hydrogens (tertiary/aromatic N) is 1. The highest BCUT2D eigenvalue weighted by molar-refractivity contribution is 5.73. The molecule has 0 spiro atoms. The van der Waals surface area contributed by atoms with Crippen LogP contribution in [0.5, 0.6) is 0 Å². The van der Waals surface area contributed by atoms with Crippen molar-refractivity contribution in [3.05, 3.63) is 35.9 Å². The van der Waals surface area contributed by atoms with Gasteiger partial charge in [0.15, 0.2) is 0 Å². The normalized spacial score (nSPS) is 23.0. The van der Waals surface area contributed by atoms with E-state index < -0.39 is 12.1 Å². The lowest BCUT2D eigenvalue weighted by atomic mass is 10.2. The predicted molar refractivity (Wildman–Crippen MR) is 64.2 cm³/mol. The second kappa shape index (κ2) is 5.64. The second-order valence-electron chi connectivity index (χ2n) is 4.23. The molecule has 0 saturated carbocycles. The topological polar surface area (TPSA) is 66.8 Å². The second-order valence-corrected chi connectivity index (χ2v) is 4.23. The number of benzene rings is 1. The highest BCUT2D eigenvalue weighted by Gasteiger charge is 2.37. The Kier molecular flexibility index (Phi) is 3.94. The molecule has 1 aliphatic rings. The first kappa shape index (κ1) is 12.6. The van der Waals surface area contributed by atoms with Crippen LogP contribution in [-0.4, -0.2) is 41.1 Å². The van der Waals surface area contributed by atoms with Crippen LogP contribution in [0.4, 0.5) is 4.79 Å². The number of carbonyl (C=O) groups is 2. The van der Waals surface area contributed by atoms with Crippen LogP contribution in [0.15, 0.2) is 30.3 Å². The van der Waals surface area contributed by atoms with Crippen molar-refractivity contribution in [2.24, 2.45) is 0 Å². The van der Waals surface area contributed by atoms with Gasteiger partial charge in [0.25, 0.3) is 0 Å². The number of amides is 1. The molecule has 0 bridgehead atoms. The number of ether oxygens (including phenoxy) is 1. The van der Waals surface area contributed by atoms with E-state index >= 15 is 0 Å². The van der Waals surface area contributed by atoms with Crippen LogP contribution in [0.2, 0.25) is 0 Å². The van der Waals surface area contributed by atoms with E-state index in [1.54, 1.807) is 0 Å². The maximum atomic E-state index is 11.0. The molecule has 96 valence electrons. The molecule has 5 nitrogen and oxygen atoms in total. The standard InChI is InChI=1S/C13H15NO4/c15-8-11-12(6-7-14(11)13(16)17)18-9-10-4-2-1-3-5-10/h1-5,8,11-12H,6-7,9H2,(H,16,17). The Morgan fingerprint density at radius 2 is 2.17 bits per heavy atom. The first-order valence-corrected chi connectivity index (χ1v) is 5.82. The van der Waals surface area contributed by atoms with Crippen molar-refractivity contribution < 1.29 is 19.4 Å². The molecule has 5 heteroatoms. The molecule has 1 heterocycles. The van der Waals surface area contributed by atoms with Gasteiger partial charge >= 0.3 is 6.09 Å². The van der Waals surface area contributed by atoms with E-state index in [4.69, 9.17) is 9.84 Å². The molecule has 0 aromatic heterocycles. The van der Waals surface area contributed by atoms with Crippen molar-refractivity contribution in [1.82, 2.24) is 4.90 Å². The van der Waals surface area contributed by atoms with Gasteiger partial charge in [0.05, 0.1) is 12.7 Å². The van der Waals surface area contributed by atoms with Gasteiger partial charge in [-0.15, -0.1) is 0 Å². The van der Waals surface area contributed by atoms with Crippen LogP contribution < -0.4 is 0 Å². The van der Waals surface area contributed by atoms with E-state index in [9.17, 15) is 9.59 Å². The van der Waals surface area contributed by atoms with Crippen LogP contribution in [0.1, 0.15) is 12.0 Å². The summed E-state index contributed by atoms with van der Waals surface area (Å²) in [4.78, 5) is 23.0. The summed E-state index contributed by atoms with van der Waals surface area (Å²) in [5, 5.41) is 8.93. The zero-order valence-corrected chi connectivity index (χ0v) is 9.86. The van der Waals surface area contributed by atoms with E-state index in [0.717, 1.165) is 10.5 Å². The number of carboxylic acid groups (broad SMARTS) is 1. The number of aldehydes is 1. The first-order chi connectivity index (χ1) is 8.72. The lowest BCUT2D eigenvalue weighted by Crippen LogP contribution is -2.40. The third-order valence-electron chi connectivity index (χ3n) is 3.09. The molecule has 2 atom stereocenters. The van der Waals surface area contributed by atoms with Crippen molar-refractivity contribution in [1.29, 1.82) is 0 Å². The van der Waals surface area contributed by atoms with E-state index in [0.29, 0.717) is 25.9 Å². The van der Waals surface area contributed by atoms with Crippen molar-refractivity contribution in [3.63, 3.8) is 0 Å². The van der Waals surface area contributed by atoms with Crippen molar-refractivity contribution in [2.75, 3.05) is 6.54 Å². The van der Waals surface area contributed by atoms with Gasteiger partial charge in [0, 0.05) is 6.54 Å². The molecule has 1 amide bonds. The molecular weight excluding hydrogens is 234 g/mol. The highest BCUT2D eigenvalue weighted by Crippen LogP contribution is 2.20. The van der Waals surface area contributed by atoms with E-state index in [1.807, 2.05) is 30.3 Å². The molecule has 2 unspecified atom stereocenters. The molecule has 1 aromatic rings. The first-order valence-electron chi connectivity index (χ1n) is 5.82. The molecule has 1 aliphatic heterocycles. The average Bonchev–Trinajstić information content (AvgIpc) is 2.80. The Labute approximate surface area is 105 Å². The molecule has 1 saturated heterocycles. The Morgan fingerprint density at radius 3 is 2.78 bits per heavy atom. The molecule has 1 aromatic carbocycles. The molecule has 18 heavy (non-hydrogen) atoms. The van der Waals surface area contributed by atoms with Crippen molar-refractivity contribution >= 4 is 12.4 Å². The average molecular weight is 249 g/mol. The van der Waals surface area contributed by atoms with Crippen LogP contribution in [-0.2, 0) is 16.1 Å². The summed E-state index contributed by atoms with van der Waals surface area (Å²) in [5.74, 6) is 0. The van der Waals surface area contributed by atoms with Gasteiger partial charge in [-0.2, -0.15) is 0 Å². The third-order valence-corrected chi connectivity index (χ3v) is 3.09. The smallest absolute Gasteiger partial charge is 0.407 e. The van der Waals surface area contributed by atoms with Gasteiger partial charge in [-0.05, 0) is 12.0 Å². The Balaban J connectivity index is 1.94. The molecular formula is C13H15NO4. The summed E-state index contributed by atoms with van der Waals surface area (Å²) >= 11 is 0. The van der Waals surface area contributed by atoms with Gasteiger partial charge < -0.3 is 14.6 Å². The number of hydrogen-bond donors (Lipinski definition) is 1. The minimum absolute atomic E-state index is 0.345. The number of rotatable bonds is 4. The Morgan fingerprint density at radius 1 is 1.44 bits per heavy atom. The summed E-state index contributed by atoms with van der Waals surface area (Å²) in [6, 6.07) is 8.91. The number of hydrogen-bond acceptors (Lipinski definition) is 3. The van der Waals surface area contributed by atoms with Gasteiger partial charge in [-0.1, -0.05) is 30.3 Å². The quantitative estimate of drug-likeness (QED) is 0.822. The van der Waals surface area contributed by atoms with E-state index in [-0.39, 0.29) is 6.10 Å². The largest absolute Gasteiger partial charge is 0.465 e. The monoisotopic (exact) mass is 249 g/mol.